The third-order valence-electron chi connectivity index (χ3n) is 3.34. The molecule has 1 saturated heterocycles. The van der Waals surface area contributed by atoms with E-state index in [0.717, 1.165) is 43.0 Å². The molecule has 2 aromatic rings. The van der Waals surface area contributed by atoms with E-state index in [1.165, 1.54) is 0 Å². The van der Waals surface area contributed by atoms with E-state index in [4.69, 9.17) is 0 Å². The molecule has 0 radical (unpaired) electrons. The van der Waals surface area contributed by atoms with E-state index in [0.29, 0.717) is 5.92 Å². The number of hydrogen-bond donors (Lipinski definition) is 1. The molecule has 108 valence electrons. The molecule has 1 aliphatic rings. The van der Waals surface area contributed by atoms with E-state index in [1.807, 2.05) is 30.6 Å². The second-order valence-electron chi connectivity index (χ2n) is 4.57. The van der Waals surface area contributed by atoms with Gasteiger partial charge in [0.2, 0.25) is 0 Å². The minimum absolute atomic E-state index is 0. The Labute approximate surface area is 131 Å². The van der Waals surface area contributed by atoms with Gasteiger partial charge in [0.1, 0.15) is 5.82 Å². The zero-order valence-electron chi connectivity index (χ0n) is 11.0. The van der Waals surface area contributed by atoms with Crippen molar-refractivity contribution < 1.29 is 0 Å². The molecule has 0 aliphatic carbocycles. The predicted octanol–water partition coefficient (Wildman–Crippen LogP) is 2.85. The lowest BCUT2D eigenvalue weighted by Crippen LogP contribution is -2.27. The highest BCUT2D eigenvalue weighted by Crippen LogP contribution is 2.24. The summed E-state index contributed by atoms with van der Waals surface area (Å²) in [5.74, 6) is 1.46. The number of aromatic nitrogens is 3. The van der Waals surface area contributed by atoms with Crippen LogP contribution in [0.5, 0.6) is 0 Å². The van der Waals surface area contributed by atoms with Gasteiger partial charge in [0.15, 0.2) is 0 Å². The first kappa shape index (κ1) is 16.8. The SMILES string of the molecule is Cl.Cl.c1cncc(-c2ccnc(C3CCNCC3)n2)c1. The van der Waals surface area contributed by atoms with Crippen molar-refractivity contribution in [3.05, 3.63) is 42.6 Å². The summed E-state index contributed by atoms with van der Waals surface area (Å²) >= 11 is 0. The third kappa shape index (κ3) is 3.88. The van der Waals surface area contributed by atoms with E-state index < -0.39 is 0 Å². The first-order valence-electron chi connectivity index (χ1n) is 6.37. The fourth-order valence-corrected chi connectivity index (χ4v) is 2.33. The highest BCUT2D eigenvalue weighted by Gasteiger charge is 2.18. The Balaban J connectivity index is 0.000001000. The Kier molecular flexibility index (Phi) is 6.85. The van der Waals surface area contributed by atoms with Crippen molar-refractivity contribution in [2.45, 2.75) is 18.8 Å². The summed E-state index contributed by atoms with van der Waals surface area (Å²) in [6.45, 7) is 2.12. The summed E-state index contributed by atoms with van der Waals surface area (Å²) in [6.07, 6.45) is 7.71. The second kappa shape index (κ2) is 8.15. The molecular weight excluding hydrogens is 295 g/mol. The molecule has 0 atom stereocenters. The number of piperidine rings is 1. The molecule has 0 aromatic carbocycles. The smallest absolute Gasteiger partial charge is 0.132 e. The molecule has 0 saturated carbocycles. The Morgan fingerprint density at radius 1 is 1.05 bits per heavy atom. The molecule has 1 N–H and O–H groups in total. The van der Waals surface area contributed by atoms with Crippen molar-refractivity contribution in [3.8, 4) is 11.3 Å². The lowest BCUT2D eigenvalue weighted by molar-refractivity contribution is 0.445. The van der Waals surface area contributed by atoms with E-state index in [2.05, 4.69) is 20.3 Å². The Morgan fingerprint density at radius 2 is 1.85 bits per heavy atom. The van der Waals surface area contributed by atoms with Crippen LogP contribution in [-0.4, -0.2) is 28.0 Å². The molecule has 3 heterocycles. The molecule has 3 rings (SSSR count). The van der Waals surface area contributed by atoms with Crippen LogP contribution >= 0.6 is 24.8 Å². The van der Waals surface area contributed by atoms with Gasteiger partial charge in [-0.25, -0.2) is 9.97 Å². The lowest BCUT2D eigenvalue weighted by atomic mass is 9.97. The molecule has 0 unspecified atom stereocenters. The van der Waals surface area contributed by atoms with Gasteiger partial charge in [-0.15, -0.1) is 24.8 Å². The number of nitrogens with one attached hydrogen (secondary N) is 1. The zero-order chi connectivity index (χ0) is 12.2. The van der Waals surface area contributed by atoms with E-state index >= 15 is 0 Å². The average molecular weight is 313 g/mol. The van der Waals surface area contributed by atoms with Gasteiger partial charge in [0, 0.05) is 30.1 Å². The molecule has 0 amide bonds. The van der Waals surface area contributed by atoms with Gasteiger partial charge in [-0.2, -0.15) is 0 Å². The van der Waals surface area contributed by atoms with Crippen molar-refractivity contribution in [1.82, 2.24) is 20.3 Å². The Hall–Kier alpha value is -1.23. The van der Waals surface area contributed by atoms with Gasteiger partial charge in [0.05, 0.1) is 5.69 Å². The van der Waals surface area contributed by atoms with Crippen LogP contribution in [0.3, 0.4) is 0 Å². The molecule has 1 aliphatic heterocycles. The van der Waals surface area contributed by atoms with Gasteiger partial charge in [0.25, 0.3) is 0 Å². The Morgan fingerprint density at radius 3 is 2.55 bits per heavy atom. The van der Waals surface area contributed by atoms with E-state index in [9.17, 15) is 0 Å². The molecule has 0 bridgehead atoms. The van der Waals surface area contributed by atoms with E-state index in [-0.39, 0.29) is 24.8 Å². The maximum Gasteiger partial charge on any atom is 0.132 e. The third-order valence-corrected chi connectivity index (χ3v) is 3.34. The molecule has 0 spiro atoms. The summed E-state index contributed by atoms with van der Waals surface area (Å²) in [7, 11) is 0. The lowest BCUT2D eigenvalue weighted by Gasteiger charge is -2.21. The van der Waals surface area contributed by atoms with Gasteiger partial charge in [-0.05, 0) is 44.1 Å². The van der Waals surface area contributed by atoms with Crippen LogP contribution < -0.4 is 5.32 Å². The summed E-state index contributed by atoms with van der Waals surface area (Å²) < 4.78 is 0. The van der Waals surface area contributed by atoms with Crippen LogP contribution in [-0.2, 0) is 0 Å². The topological polar surface area (TPSA) is 50.7 Å². The van der Waals surface area contributed by atoms with Gasteiger partial charge >= 0.3 is 0 Å². The largest absolute Gasteiger partial charge is 0.317 e. The van der Waals surface area contributed by atoms with Crippen molar-refractivity contribution in [1.29, 1.82) is 0 Å². The van der Waals surface area contributed by atoms with Crippen LogP contribution in [0.25, 0.3) is 11.3 Å². The highest BCUT2D eigenvalue weighted by molar-refractivity contribution is 5.85. The van der Waals surface area contributed by atoms with Crippen LogP contribution in [0, 0.1) is 0 Å². The normalized spacial score (nSPS) is 15.0. The summed E-state index contributed by atoms with van der Waals surface area (Å²) in [5.41, 5.74) is 2.02. The van der Waals surface area contributed by atoms with Gasteiger partial charge in [-0.1, -0.05) is 0 Å². The minimum Gasteiger partial charge on any atom is -0.317 e. The highest BCUT2D eigenvalue weighted by atomic mass is 35.5. The average Bonchev–Trinajstić information content (AvgIpc) is 2.49. The van der Waals surface area contributed by atoms with E-state index in [1.54, 1.807) is 6.20 Å². The van der Waals surface area contributed by atoms with Crippen molar-refractivity contribution in [2.75, 3.05) is 13.1 Å². The maximum absolute atomic E-state index is 4.69. The van der Waals surface area contributed by atoms with Gasteiger partial charge < -0.3 is 5.32 Å². The minimum atomic E-state index is 0. The summed E-state index contributed by atoms with van der Waals surface area (Å²) in [5, 5.41) is 3.37. The van der Waals surface area contributed by atoms with Crippen molar-refractivity contribution in [2.24, 2.45) is 0 Å². The second-order valence-corrected chi connectivity index (χ2v) is 4.57. The molecule has 6 heteroatoms. The molecule has 20 heavy (non-hydrogen) atoms. The molecule has 1 fully saturated rings. The standard InChI is InChI=1S/C14H16N4.2ClH/c1-2-12(10-16-6-1)13-5-9-17-14(18-13)11-3-7-15-8-4-11;;/h1-2,5-6,9-11,15H,3-4,7-8H2;2*1H. The number of rotatable bonds is 2. The fraction of sp³-hybridized carbons (Fsp3) is 0.357. The quantitative estimate of drug-likeness (QED) is 0.926. The first-order chi connectivity index (χ1) is 8.93. The molecule has 4 nitrogen and oxygen atoms in total. The van der Waals surface area contributed by atoms with Gasteiger partial charge in [-0.3, -0.25) is 4.98 Å². The number of nitrogens with zero attached hydrogens (tertiary/aromatic N) is 3. The van der Waals surface area contributed by atoms with Crippen molar-refractivity contribution in [3.63, 3.8) is 0 Å². The molecule has 2 aromatic heterocycles. The fourth-order valence-electron chi connectivity index (χ4n) is 2.33. The van der Waals surface area contributed by atoms with Crippen molar-refractivity contribution >= 4 is 24.8 Å². The summed E-state index contributed by atoms with van der Waals surface area (Å²) in [6, 6.07) is 5.91. The molecular formula is C14H18Cl2N4. The number of hydrogen-bond acceptors (Lipinski definition) is 4. The number of pyridine rings is 1. The zero-order valence-corrected chi connectivity index (χ0v) is 12.7. The maximum atomic E-state index is 4.69. The summed E-state index contributed by atoms with van der Waals surface area (Å²) in [4.78, 5) is 13.2. The van der Waals surface area contributed by atoms with Crippen LogP contribution in [0.1, 0.15) is 24.6 Å². The van der Waals surface area contributed by atoms with Crippen LogP contribution in [0.15, 0.2) is 36.8 Å². The first-order valence-corrected chi connectivity index (χ1v) is 6.37. The predicted molar refractivity (Wildman–Crippen MR) is 84.6 cm³/mol. The number of halogens is 2. The van der Waals surface area contributed by atoms with Crippen LogP contribution in [0.2, 0.25) is 0 Å². The van der Waals surface area contributed by atoms with Crippen LogP contribution in [0.4, 0.5) is 0 Å². The Bertz CT molecular complexity index is 516. The monoisotopic (exact) mass is 312 g/mol.